The molecule has 1 nitrogen and oxygen atoms in total. The zero-order chi connectivity index (χ0) is 11.0. The van der Waals surface area contributed by atoms with E-state index in [2.05, 4.69) is 45.1 Å². The van der Waals surface area contributed by atoms with Gasteiger partial charge in [0.15, 0.2) is 0 Å². The number of halogens is 1. The van der Waals surface area contributed by atoms with Crippen LogP contribution in [0.4, 0.5) is 0 Å². The van der Waals surface area contributed by atoms with Crippen LogP contribution in [0.25, 0.3) is 0 Å². The first-order chi connectivity index (χ1) is 7.86. The Kier molecular flexibility index (Phi) is 3.03. The van der Waals surface area contributed by atoms with Crippen LogP contribution in [0.2, 0.25) is 0 Å². The first-order valence-corrected chi connectivity index (χ1v) is 7.16. The fourth-order valence-electron chi connectivity index (χ4n) is 3.34. The van der Waals surface area contributed by atoms with E-state index >= 15 is 0 Å². The van der Waals surface area contributed by atoms with Crippen LogP contribution in [0.3, 0.4) is 0 Å². The molecule has 86 valence electrons. The van der Waals surface area contributed by atoms with E-state index in [1.54, 1.807) is 0 Å². The topological polar surface area (TPSA) is 3.24 Å². The summed E-state index contributed by atoms with van der Waals surface area (Å²) in [5.41, 5.74) is 1.49. The summed E-state index contributed by atoms with van der Waals surface area (Å²) >= 11 is 3.70. The minimum Gasteiger partial charge on any atom is -0.293 e. The molecular formula is C14H18BrN. The summed E-state index contributed by atoms with van der Waals surface area (Å²) in [6.45, 7) is 1.30. The van der Waals surface area contributed by atoms with Gasteiger partial charge in [0.1, 0.15) is 0 Å². The molecule has 2 fully saturated rings. The molecule has 2 saturated heterocycles. The summed E-state index contributed by atoms with van der Waals surface area (Å²) in [4.78, 5) is 2.74. The van der Waals surface area contributed by atoms with E-state index < -0.39 is 0 Å². The number of hydrogen-bond acceptors (Lipinski definition) is 1. The Morgan fingerprint density at radius 1 is 1.06 bits per heavy atom. The molecular weight excluding hydrogens is 262 g/mol. The summed E-state index contributed by atoms with van der Waals surface area (Å²) < 4.78 is 1.28. The van der Waals surface area contributed by atoms with Gasteiger partial charge in [0.05, 0.1) is 0 Å². The second-order valence-electron chi connectivity index (χ2n) is 5.00. The van der Waals surface area contributed by atoms with E-state index in [4.69, 9.17) is 0 Å². The van der Waals surface area contributed by atoms with E-state index in [9.17, 15) is 0 Å². The minimum atomic E-state index is 0.667. The number of benzene rings is 1. The molecule has 2 heteroatoms. The minimum absolute atomic E-state index is 0.667. The molecule has 0 saturated carbocycles. The smallest absolute Gasteiger partial charge is 0.0362 e. The first kappa shape index (κ1) is 10.8. The Morgan fingerprint density at radius 3 is 2.81 bits per heavy atom. The van der Waals surface area contributed by atoms with Crippen molar-refractivity contribution in [3.8, 4) is 0 Å². The predicted octanol–water partition coefficient (Wildman–Crippen LogP) is 4.14. The molecule has 1 aromatic carbocycles. The fourth-order valence-corrected chi connectivity index (χ4v) is 3.89. The highest BCUT2D eigenvalue weighted by atomic mass is 79.9. The second-order valence-corrected chi connectivity index (χ2v) is 5.86. The lowest BCUT2D eigenvalue weighted by Crippen LogP contribution is -2.35. The Hall–Kier alpha value is -0.340. The highest BCUT2D eigenvalue weighted by Crippen LogP contribution is 2.42. The average Bonchev–Trinajstić information content (AvgIpc) is 2.74. The lowest BCUT2D eigenvalue weighted by Gasteiger charge is -2.34. The van der Waals surface area contributed by atoms with Crippen LogP contribution in [0.5, 0.6) is 0 Å². The quantitative estimate of drug-likeness (QED) is 0.747. The molecule has 1 aromatic rings. The van der Waals surface area contributed by atoms with Crippen LogP contribution in [-0.2, 0) is 0 Å². The first-order valence-electron chi connectivity index (χ1n) is 6.36. The summed E-state index contributed by atoms with van der Waals surface area (Å²) in [6.07, 6.45) is 6.97. The molecule has 0 amide bonds. The van der Waals surface area contributed by atoms with Gasteiger partial charge >= 0.3 is 0 Å². The van der Waals surface area contributed by atoms with Gasteiger partial charge < -0.3 is 0 Å². The largest absolute Gasteiger partial charge is 0.293 e. The van der Waals surface area contributed by atoms with E-state index in [1.165, 1.54) is 48.7 Å². The summed E-state index contributed by atoms with van der Waals surface area (Å²) in [6, 6.07) is 10.3. The van der Waals surface area contributed by atoms with Crippen molar-refractivity contribution < 1.29 is 0 Å². The standard InChI is InChI=1S/C14H18BrN/c15-13-7-2-1-6-12(13)14-9-8-11-5-3-4-10-16(11)14/h1-2,6-7,11,14H,3-5,8-10H2/t11-,14+/m1/s1. The molecule has 16 heavy (non-hydrogen) atoms. The van der Waals surface area contributed by atoms with Crippen molar-refractivity contribution >= 4 is 15.9 Å². The summed E-state index contributed by atoms with van der Waals surface area (Å²) in [5, 5.41) is 0. The Morgan fingerprint density at radius 2 is 1.94 bits per heavy atom. The summed E-state index contributed by atoms with van der Waals surface area (Å²) in [5.74, 6) is 0. The SMILES string of the molecule is Brc1ccccc1[C@@H]1CC[C@H]2CCCCN21. The number of nitrogens with zero attached hydrogens (tertiary/aromatic N) is 1. The third-order valence-corrected chi connectivity index (χ3v) is 4.83. The monoisotopic (exact) mass is 279 g/mol. The van der Waals surface area contributed by atoms with Crippen LogP contribution in [-0.4, -0.2) is 17.5 Å². The van der Waals surface area contributed by atoms with Crippen LogP contribution >= 0.6 is 15.9 Å². The molecule has 2 heterocycles. The van der Waals surface area contributed by atoms with Crippen LogP contribution in [0, 0.1) is 0 Å². The van der Waals surface area contributed by atoms with Crippen LogP contribution < -0.4 is 0 Å². The zero-order valence-electron chi connectivity index (χ0n) is 9.53. The van der Waals surface area contributed by atoms with Gasteiger partial charge in [-0.1, -0.05) is 40.5 Å². The van der Waals surface area contributed by atoms with Gasteiger partial charge in [-0.2, -0.15) is 0 Å². The van der Waals surface area contributed by atoms with Gasteiger partial charge in [-0.25, -0.2) is 0 Å². The highest BCUT2D eigenvalue weighted by molar-refractivity contribution is 9.10. The Labute approximate surface area is 106 Å². The molecule has 0 unspecified atom stereocenters. The molecule has 0 bridgehead atoms. The molecule has 3 rings (SSSR count). The third-order valence-electron chi connectivity index (χ3n) is 4.11. The highest BCUT2D eigenvalue weighted by Gasteiger charge is 2.35. The van der Waals surface area contributed by atoms with E-state index in [0.717, 1.165) is 6.04 Å². The molecule has 0 spiro atoms. The van der Waals surface area contributed by atoms with Crippen molar-refractivity contribution in [2.75, 3.05) is 6.54 Å². The second kappa shape index (κ2) is 4.50. The van der Waals surface area contributed by atoms with Gasteiger partial charge in [0.25, 0.3) is 0 Å². The maximum atomic E-state index is 3.70. The van der Waals surface area contributed by atoms with Crippen molar-refractivity contribution in [2.24, 2.45) is 0 Å². The van der Waals surface area contributed by atoms with Gasteiger partial charge in [-0.15, -0.1) is 0 Å². The Bertz CT molecular complexity index is 377. The summed E-state index contributed by atoms with van der Waals surface area (Å²) in [7, 11) is 0. The van der Waals surface area contributed by atoms with Gasteiger partial charge in [0.2, 0.25) is 0 Å². The predicted molar refractivity (Wildman–Crippen MR) is 70.5 cm³/mol. The van der Waals surface area contributed by atoms with Crippen molar-refractivity contribution in [1.29, 1.82) is 0 Å². The number of rotatable bonds is 1. The van der Waals surface area contributed by atoms with Crippen molar-refractivity contribution in [1.82, 2.24) is 4.90 Å². The molecule has 0 radical (unpaired) electrons. The van der Waals surface area contributed by atoms with Crippen molar-refractivity contribution in [3.05, 3.63) is 34.3 Å². The molecule has 2 atom stereocenters. The number of piperidine rings is 1. The Balaban J connectivity index is 1.88. The molecule has 0 aromatic heterocycles. The van der Waals surface area contributed by atoms with Gasteiger partial charge in [-0.3, -0.25) is 4.90 Å². The maximum absolute atomic E-state index is 3.70. The van der Waals surface area contributed by atoms with Gasteiger partial charge in [-0.05, 0) is 43.9 Å². The van der Waals surface area contributed by atoms with Crippen LogP contribution in [0.1, 0.15) is 43.7 Å². The van der Waals surface area contributed by atoms with Crippen molar-refractivity contribution in [2.45, 2.75) is 44.2 Å². The van der Waals surface area contributed by atoms with Crippen molar-refractivity contribution in [3.63, 3.8) is 0 Å². The van der Waals surface area contributed by atoms with E-state index in [-0.39, 0.29) is 0 Å². The molecule has 0 N–H and O–H groups in total. The van der Waals surface area contributed by atoms with E-state index in [1.807, 2.05) is 0 Å². The average molecular weight is 280 g/mol. The number of hydrogen-bond donors (Lipinski definition) is 0. The molecule has 0 aliphatic carbocycles. The number of fused-ring (bicyclic) bond motifs is 1. The fraction of sp³-hybridized carbons (Fsp3) is 0.571. The lowest BCUT2D eigenvalue weighted by molar-refractivity contribution is 0.149. The molecule has 2 aliphatic rings. The molecule has 2 aliphatic heterocycles. The van der Waals surface area contributed by atoms with Gasteiger partial charge in [0, 0.05) is 16.6 Å². The maximum Gasteiger partial charge on any atom is 0.0362 e. The lowest BCUT2D eigenvalue weighted by atomic mass is 10.0. The zero-order valence-corrected chi connectivity index (χ0v) is 11.1. The third kappa shape index (κ3) is 1.82. The van der Waals surface area contributed by atoms with E-state index in [0.29, 0.717) is 6.04 Å². The normalized spacial score (nSPS) is 30.3. The van der Waals surface area contributed by atoms with Crippen LogP contribution in [0.15, 0.2) is 28.7 Å².